The van der Waals surface area contributed by atoms with Gasteiger partial charge in [0, 0.05) is 18.2 Å². The predicted molar refractivity (Wildman–Crippen MR) is 94.6 cm³/mol. The summed E-state index contributed by atoms with van der Waals surface area (Å²) < 4.78 is 19.5. The number of anilines is 1. The third kappa shape index (κ3) is 3.32. The first kappa shape index (κ1) is 15.6. The SMILES string of the molecule is Fc1ccc2c(c1)NC[C@@H]2C1CCC(OCc2ccccc2)CC1. The molecule has 0 saturated heterocycles. The minimum absolute atomic E-state index is 0.153. The molecule has 1 saturated carbocycles. The normalized spacial score (nSPS) is 26.0. The second-order valence-electron chi connectivity index (χ2n) is 7.05. The lowest BCUT2D eigenvalue weighted by Crippen LogP contribution is -2.26. The van der Waals surface area contributed by atoms with Crippen molar-refractivity contribution in [2.45, 2.75) is 44.3 Å². The minimum Gasteiger partial charge on any atom is -0.384 e. The van der Waals surface area contributed by atoms with Crippen molar-refractivity contribution in [3.8, 4) is 0 Å². The molecule has 24 heavy (non-hydrogen) atoms. The molecule has 0 aromatic heterocycles. The second kappa shape index (κ2) is 6.94. The maximum absolute atomic E-state index is 13.4. The summed E-state index contributed by atoms with van der Waals surface area (Å²) in [7, 11) is 0. The van der Waals surface area contributed by atoms with E-state index in [4.69, 9.17) is 4.74 Å². The van der Waals surface area contributed by atoms with Crippen LogP contribution in [0.15, 0.2) is 48.5 Å². The van der Waals surface area contributed by atoms with Crippen LogP contribution in [0.2, 0.25) is 0 Å². The van der Waals surface area contributed by atoms with E-state index in [1.165, 1.54) is 24.0 Å². The zero-order valence-corrected chi connectivity index (χ0v) is 13.9. The van der Waals surface area contributed by atoms with Crippen LogP contribution in [0, 0.1) is 11.7 Å². The Labute approximate surface area is 143 Å². The van der Waals surface area contributed by atoms with Crippen molar-refractivity contribution in [1.82, 2.24) is 0 Å². The van der Waals surface area contributed by atoms with Gasteiger partial charge >= 0.3 is 0 Å². The topological polar surface area (TPSA) is 21.3 Å². The van der Waals surface area contributed by atoms with Crippen LogP contribution in [0.25, 0.3) is 0 Å². The van der Waals surface area contributed by atoms with Crippen LogP contribution >= 0.6 is 0 Å². The lowest BCUT2D eigenvalue weighted by Gasteiger charge is -2.32. The van der Waals surface area contributed by atoms with Gasteiger partial charge in [0.2, 0.25) is 0 Å². The molecule has 0 spiro atoms. The zero-order chi connectivity index (χ0) is 16.4. The van der Waals surface area contributed by atoms with Gasteiger partial charge < -0.3 is 10.1 Å². The summed E-state index contributed by atoms with van der Waals surface area (Å²) in [5.41, 5.74) is 3.53. The highest BCUT2D eigenvalue weighted by molar-refractivity contribution is 5.58. The molecule has 0 unspecified atom stereocenters. The Balaban J connectivity index is 1.31. The summed E-state index contributed by atoms with van der Waals surface area (Å²) in [5, 5.41) is 3.37. The highest BCUT2D eigenvalue weighted by Crippen LogP contribution is 2.43. The van der Waals surface area contributed by atoms with Crippen LogP contribution in [-0.4, -0.2) is 12.6 Å². The van der Waals surface area contributed by atoms with E-state index in [-0.39, 0.29) is 5.82 Å². The molecule has 2 aromatic carbocycles. The standard InChI is InChI=1S/C21H24FNO/c22-17-8-11-19-20(13-23-21(19)12-17)16-6-9-18(10-7-16)24-14-15-4-2-1-3-5-15/h1-5,8,11-12,16,18,20,23H,6-7,9-10,13-14H2/t16?,18?,20-/m1/s1. The van der Waals surface area contributed by atoms with Crippen LogP contribution in [0.4, 0.5) is 10.1 Å². The van der Waals surface area contributed by atoms with E-state index in [2.05, 4.69) is 29.6 Å². The lowest BCUT2D eigenvalue weighted by atomic mass is 9.77. The number of hydrogen-bond acceptors (Lipinski definition) is 2. The molecule has 4 rings (SSSR count). The summed E-state index contributed by atoms with van der Waals surface area (Å²) in [6, 6.07) is 15.6. The smallest absolute Gasteiger partial charge is 0.125 e. The number of ether oxygens (including phenoxy) is 1. The van der Waals surface area contributed by atoms with Crippen molar-refractivity contribution in [2.24, 2.45) is 5.92 Å². The molecule has 1 heterocycles. The van der Waals surface area contributed by atoms with E-state index in [1.54, 1.807) is 12.1 Å². The Morgan fingerprint density at radius 3 is 2.58 bits per heavy atom. The highest BCUT2D eigenvalue weighted by atomic mass is 19.1. The summed E-state index contributed by atoms with van der Waals surface area (Å²) in [4.78, 5) is 0. The van der Waals surface area contributed by atoms with E-state index >= 15 is 0 Å². The molecular weight excluding hydrogens is 301 g/mol. The van der Waals surface area contributed by atoms with Crippen molar-refractivity contribution in [2.75, 3.05) is 11.9 Å². The van der Waals surface area contributed by atoms with Gasteiger partial charge in [0.25, 0.3) is 0 Å². The van der Waals surface area contributed by atoms with Crippen LogP contribution in [0.3, 0.4) is 0 Å². The molecule has 1 atom stereocenters. The third-order valence-electron chi connectivity index (χ3n) is 5.54. The van der Waals surface area contributed by atoms with Crippen molar-refractivity contribution >= 4 is 5.69 Å². The number of fused-ring (bicyclic) bond motifs is 1. The molecule has 0 amide bonds. The van der Waals surface area contributed by atoms with E-state index < -0.39 is 0 Å². The van der Waals surface area contributed by atoms with Crippen molar-refractivity contribution in [1.29, 1.82) is 0 Å². The number of rotatable bonds is 4. The summed E-state index contributed by atoms with van der Waals surface area (Å²) >= 11 is 0. The van der Waals surface area contributed by atoms with Crippen molar-refractivity contribution in [3.63, 3.8) is 0 Å². The first-order chi connectivity index (χ1) is 11.8. The van der Waals surface area contributed by atoms with Crippen LogP contribution < -0.4 is 5.32 Å². The number of hydrogen-bond donors (Lipinski definition) is 1. The highest BCUT2D eigenvalue weighted by Gasteiger charge is 2.33. The molecular formula is C21H24FNO. The zero-order valence-electron chi connectivity index (χ0n) is 13.9. The first-order valence-electron chi connectivity index (χ1n) is 8.98. The molecule has 1 aliphatic heterocycles. The van der Waals surface area contributed by atoms with E-state index in [9.17, 15) is 4.39 Å². The molecule has 2 aliphatic rings. The molecule has 1 aliphatic carbocycles. The minimum atomic E-state index is -0.153. The molecule has 2 nitrogen and oxygen atoms in total. The van der Waals surface area contributed by atoms with Gasteiger partial charge in [0.15, 0.2) is 0 Å². The van der Waals surface area contributed by atoms with Gasteiger partial charge in [-0.15, -0.1) is 0 Å². The number of halogens is 1. The summed E-state index contributed by atoms with van der Waals surface area (Å²) in [6.45, 7) is 1.66. The predicted octanol–water partition coefficient (Wildman–Crippen LogP) is 5.11. The van der Waals surface area contributed by atoms with Gasteiger partial charge in [-0.3, -0.25) is 0 Å². The van der Waals surface area contributed by atoms with Gasteiger partial charge in [-0.05, 0) is 54.9 Å². The number of nitrogens with one attached hydrogen (secondary N) is 1. The third-order valence-corrected chi connectivity index (χ3v) is 5.54. The Morgan fingerprint density at radius 2 is 1.79 bits per heavy atom. The lowest BCUT2D eigenvalue weighted by molar-refractivity contribution is 0.00502. The monoisotopic (exact) mass is 325 g/mol. The van der Waals surface area contributed by atoms with Crippen molar-refractivity contribution < 1.29 is 9.13 Å². The van der Waals surface area contributed by atoms with Crippen LogP contribution in [-0.2, 0) is 11.3 Å². The van der Waals surface area contributed by atoms with Gasteiger partial charge in [-0.25, -0.2) is 4.39 Å². The van der Waals surface area contributed by atoms with Gasteiger partial charge in [-0.2, -0.15) is 0 Å². The number of benzene rings is 2. The Hall–Kier alpha value is -1.87. The summed E-state index contributed by atoms with van der Waals surface area (Å²) in [6.07, 6.45) is 5.03. The Bertz CT molecular complexity index is 679. The maximum atomic E-state index is 13.4. The van der Waals surface area contributed by atoms with E-state index in [0.717, 1.165) is 25.1 Å². The van der Waals surface area contributed by atoms with Crippen LogP contribution in [0.1, 0.15) is 42.7 Å². The van der Waals surface area contributed by atoms with Gasteiger partial charge in [0.05, 0.1) is 12.7 Å². The van der Waals surface area contributed by atoms with E-state index in [0.29, 0.717) is 24.5 Å². The second-order valence-corrected chi connectivity index (χ2v) is 7.05. The van der Waals surface area contributed by atoms with E-state index in [1.807, 2.05) is 12.1 Å². The quantitative estimate of drug-likeness (QED) is 0.843. The molecule has 1 N–H and O–H groups in total. The maximum Gasteiger partial charge on any atom is 0.125 e. The molecule has 3 heteroatoms. The fraction of sp³-hybridized carbons (Fsp3) is 0.429. The van der Waals surface area contributed by atoms with Crippen LogP contribution in [0.5, 0.6) is 0 Å². The average Bonchev–Trinajstić information content (AvgIpc) is 3.04. The Kier molecular flexibility index (Phi) is 4.52. The molecule has 0 bridgehead atoms. The largest absolute Gasteiger partial charge is 0.384 e. The molecule has 126 valence electrons. The molecule has 0 radical (unpaired) electrons. The van der Waals surface area contributed by atoms with Gasteiger partial charge in [-0.1, -0.05) is 36.4 Å². The Morgan fingerprint density at radius 1 is 1.00 bits per heavy atom. The molecule has 1 fully saturated rings. The summed E-state index contributed by atoms with van der Waals surface area (Å²) in [5.74, 6) is 1.05. The fourth-order valence-corrected chi connectivity index (χ4v) is 4.20. The fourth-order valence-electron chi connectivity index (χ4n) is 4.20. The molecule has 2 aromatic rings. The van der Waals surface area contributed by atoms with Crippen molar-refractivity contribution in [3.05, 3.63) is 65.5 Å². The average molecular weight is 325 g/mol. The first-order valence-corrected chi connectivity index (χ1v) is 8.98. The van der Waals surface area contributed by atoms with Gasteiger partial charge in [0.1, 0.15) is 5.82 Å².